The first-order chi connectivity index (χ1) is 14.7. The van der Waals surface area contributed by atoms with Crippen molar-refractivity contribution in [1.29, 1.82) is 0 Å². The van der Waals surface area contributed by atoms with Crippen LogP contribution in [0.2, 0.25) is 0 Å². The largest absolute Gasteiger partial charge is 0.382 e. The van der Waals surface area contributed by atoms with Gasteiger partial charge in [-0.1, -0.05) is 35.0 Å². The average Bonchev–Trinajstić information content (AvgIpc) is 3.59. The van der Waals surface area contributed by atoms with E-state index in [9.17, 15) is 0 Å². The smallest absolute Gasteiger partial charge is 0.225 e. The minimum atomic E-state index is 0.187. The molecule has 3 atom stereocenters. The molecule has 1 aliphatic heterocycles. The molecule has 2 heterocycles. The van der Waals surface area contributed by atoms with Crippen molar-refractivity contribution in [3.63, 3.8) is 0 Å². The highest BCUT2D eigenvalue weighted by molar-refractivity contribution is 9.10. The molecule has 2 aromatic rings. The van der Waals surface area contributed by atoms with Crippen LogP contribution in [0.15, 0.2) is 41.1 Å². The number of rotatable bonds is 9. The van der Waals surface area contributed by atoms with E-state index >= 15 is 0 Å². The molecule has 0 N–H and O–H groups in total. The van der Waals surface area contributed by atoms with Gasteiger partial charge in [-0.2, -0.15) is 0 Å². The van der Waals surface area contributed by atoms with Gasteiger partial charge in [0.1, 0.15) is 0 Å². The maximum atomic E-state index is 6.29. The van der Waals surface area contributed by atoms with Gasteiger partial charge in [-0.15, -0.1) is 0 Å². The SMILES string of the molecule is CCc1cnc(N2CCC([C@H]3C[C@H]3[C@H](COC)OCc3ccc(Br)cc3)CC2)nc1. The zero-order chi connectivity index (χ0) is 20.9. The molecule has 4 rings (SSSR count). The normalized spacial score (nSPS) is 22.8. The van der Waals surface area contributed by atoms with E-state index in [1.807, 2.05) is 12.4 Å². The fourth-order valence-corrected chi connectivity index (χ4v) is 4.93. The van der Waals surface area contributed by atoms with Gasteiger partial charge in [0, 0.05) is 37.1 Å². The fourth-order valence-electron chi connectivity index (χ4n) is 4.67. The number of hydrogen-bond donors (Lipinski definition) is 0. The highest BCUT2D eigenvalue weighted by Crippen LogP contribution is 2.50. The van der Waals surface area contributed by atoms with Gasteiger partial charge < -0.3 is 14.4 Å². The number of methoxy groups -OCH3 is 1. The molecule has 0 radical (unpaired) electrons. The lowest BCUT2D eigenvalue weighted by Gasteiger charge is -2.32. The Morgan fingerprint density at radius 1 is 1.10 bits per heavy atom. The summed E-state index contributed by atoms with van der Waals surface area (Å²) in [6.45, 7) is 5.56. The highest BCUT2D eigenvalue weighted by Gasteiger charge is 2.48. The summed E-state index contributed by atoms with van der Waals surface area (Å²) in [5.74, 6) is 3.04. The Hall–Kier alpha value is -1.50. The molecule has 1 aromatic heterocycles. The zero-order valence-electron chi connectivity index (χ0n) is 18.0. The second-order valence-corrected chi connectivity index (χ2v) is 9.48. The molecular weight excluding hydrogens is 442 g/mol. The summed E-state index contributed by atoms with van der Waals surface area (Å²) in [5.41, 5.74) is 2.40. The topological polar surface area (TPSA) is 47.5 Å². The predicted molar refractivity (Wildman–Crippen MR) is 123 cm³/mol. The molecule has 5 nitrogen and oxygen atoms in total. The number of ether oxygens (including phenoxy) is 2. The second-order valence-electron chi connectivity index (χ2n) is 8.56. The standard InChI is InChI=1S/C24H32BrN3O2/c1-3-17-13-26-24(27-14-17)28-10-8-19(9-11-28)21-12-22(21)23(16-29-2)30-15-18-4-6-20(25)7-5-18/h4-7,13-14,19,21-23H,3,8-12,15-16H2,1-2H3/t21-,22-,23+/m1/s1. The van der Waals surface area contributed by atoms with Crippen LogP contribution in [0.25, 0.3) is 0 Å². The molecule has 0 amide bonds. The van der Waals surface area contributed by atoms with Crippen LogP contribution in [-0.2, 0) is 22.5 Å². The van der Waals surface area contributed by atoms with E-state index in [0.717, 1.165) is 41.8 Å². The first kappa shape index (κ1) is 21.7. The minimum Gasteiger partial charge on any atom is -0.382 e. The lowest BCUT2D eigenvalue weighted by Crippen LogP contribution is -2.36. The number of aryl methyl sites for hydroxylation is 1. The summed E-state index contributed by atoms with van der Waals surface area (Å²) in [4.78, 5) is 11.5. The van der Waals surface area contributed by atoms with E-state index in [1.54, 1.807) is 7.11 Å². The van der Waals surface area contributed by atoms with Crippen molar-refractivity contribution in [3.05, 3.63) is 52.3 Å². The van der Waals surface area contributed by atoms with Gasteiger partial charge in [0.15, 0.2) is 0 Å². The molecule has 1 aromatic carbocycles. The van der Waals surface area contributed by atoms with Gasteiger partial charge in [0.05, 0.1) is 19.3 Å². The van der Waals surface area contributed by atoms with Crippen molar-refractivity contribution >= 4 is 21.9 Å². The van der Waals surface area contributed by atoms with E-state index in [4.69, 9.17) is 9.47 Å². The van der Waals surface area contributed by atoms with Crippen molar-refractivity contribution < 1.29 is 9.47 Å². The van der Waals surface area contributed by atoms with Crippen molar-refractivity contribution in [2.45, 2.75) is 45.3 Å². The van der Waals surface area contributed by atoms with Gasteiger partial charge in [0.2, 0.25) is 5.95 Å². The molecule has 6 heteroatoms. The summed E-state index contributed by atoms with van der Waals surface area (Å²) in [5, 5.41) is 0. The average molecular weight is 474 g/mol. The van der Waals surface area contributed by atoms with Crippen LogP contribution in [0.3, 0.4) is 0 Å². The third-order valence-corrected chi connectivity index (χ3v) is 7.13. The summed E-state index contributed by atoms with van der Waals surface area (Å²) in [6.07, 6.45) is 8.79. The third kappa shape index (κ3) is 5.40. The third-order valence-electron chi connectivity index (χ3n) is 6.60. The van der Waals surface area contributed by atoms with E-state index in [0.29, 0.717) is 19.1 Å². The Kier molecular flexibility index (Phi) is 7.39. The number of aromatic nitrogens is 2. The molecule has 30 heavy (non-hydrogen) atoms. The summed E-state index contributed by atoms with van der Waals surface area (Å²) in [6, 6.07) is 8.36. The van der Waals surface area contributed by atoms with Crippen LogP contribution in [0.4, 0.5) is 5.95 Å². The van der Waals surface area contributed by atoms with Crippen molar-refractivity contribution in [2.75, 3.05) is 31.7 Å². The Morgan fingerprint density at radius 3 is 2.43 bits per heavy atom. The van der Waals surface area contributed by atoms with Gasteiger partial charge in [-0.25, -0.2) is 9.97 Å². The van der Waals surface area contributed by atoms with E-state index < -0.39 is 0 Å². The molecular formula is C24H32BrN3O2. The molecule has 1 saturated carbocycles. The molecule has 1 saturated heterocycles. The summed E-state index contributed by atoms with van der Waals surface area (Å²) >= 11 is 3.49. The Labute approximate surface area is 188 Å². The first-order valence-corrected chi connectivity index (χ1v) is 11.9. The van der Waals surface area contributed by atoms with Crippen molar-refractivity contribution in [2.24, 2.45) is 17.8 Å². The van der Waals surface area contributed by atoms with Gasteiger partial charge >= 0.3 is 0 Å². The molecule has 0 bridgehead atoms. The first-order valence-electron chi connectivity index (χ1n) is 11.1. The Balaban J connectivity index is 1.26. The van der Waals surface area contributed by atoms with Crippen molar-refractivity contribution in [1.82, 2.24) is 9.97 Å². The molecule has 162 valence electrons. The zero-order valence-corrected chi connectivity index (χ0v) is 19.6. The highest BCUT2D eigenvalue weighted by atomic mass is 79.9. The van der Waals surface area contributed by atoms with Crippen LogP contribution in [0, 0.1) is 17.8 Å². The molecule has 0 unspecified atom stereocenters. The quantitative estimate of drug-likeness (QED) is 0.518. The number of benzene rings is 1. The summed E-state index contributed by atoms with van der Waals surface area (Å²) < 4.78 is 12.9. The molecule has 2 aliphatic rings. The monoisotopic (exact) mass is 473 g/mol. The number of piperidine rings is 1. The maximum Gasteiger partial charge on any atom is 0.225 e. The minimum absolute atomic E-state index is 0.187. The number of anilines is 1. The van der Waals surface area contributed by atoms with Crippen LogP contribution in [-0.4, -0.2) is 42.9 Å². The van der Waals surface area contributed by atoms with Crippen LogP contribution in [0.5, 0.6) is 0 Å². The van der Waals surface area contributed by atoms with Crippen LogP contribution in [0.1, 0.15) is 37.3 Å². The van der Waals surface area contributed by atoms with Gasteiger partial charge in [-0.05, 0) is 66.7 Å². The number of nitrogens with zero attached hydrogens (tertiary/aromatic N) is 3. The predicted octanol–water partition coefficient (Wildman–Crippen LogP) is 4.89. The maximum absolute atomic E-state index is 6.29. The van der Waals surface area contributed by atoms with E-state index in [1.165, 1.54) is 30.4 Å². The van der Waals surface area contributed by atoms with Crippen LogP contribution < -0.4 is 4.90 Å². The Morgan fingerprint density at radius 2 is 1.80 bits per heavy atom. The number of halogens is 1. The second kappa shape index (κ2) is 10.2. The fraction of sp³-hybridized carbons (Fsp3) is 0.583. The molecule has 1 aliphatic carbocycles. The van der Waals surface area contributed by atoms with Crippen molar-refractivity contribution in [3.8, 4) is 0 Å². The lowest BCUT2D eigenvalue weighted by atomic mass is 9.90. The van der Waals surface area contributed by atoms with Gasteiger partial charge in [-0.3, -0.25) is 0 Å². The summed E-state index contributed by atoms with van der Waals surface area (Å²) in [7, 11) is 1.77. The molecule has 0 spiro atoms. The Bertz CT molecular complexity index is 791. The van der Waals surface area contributed by atoms with Gasteiger partial charge in [0.25, 0.3) is 0 Å². The van der Waals surface area contributed by atoms with Crippen LogP contribution >= 0.6 is 15.9 Å². The van der Waals surface area contributed by atoms with E-state index in [2.05, 4.69) is 62.0 Å². The molecule has 2 fully saturated rings. The number of hydrogen-bond acceptors (Lipinski definition) is 5. The lowest BCUT2D eigenvalue weighted by molar-refractivity contribution is -0.0280. The van der Waals surface area contributed by atoms with E-state index in [-0.39, 0.29) is 6.10 Å².